The van der Waals surface area contributed by atoms with Crippen LogP contribution in [0.25, 0.3) is 0 Å². The van der Waals surface area contributed by atoms with Gasteiger partial charge in [0, 0.05) is 0 Å². The Morgan fingerprint density at radius 2 is 1.86 bits per heavy atom. The number of rotatable bonds is 2. The van der Waals surface area contributed by atoms with Gasteiger partial charge >= 0.3 is 28.4 Å². The monoisotopic (exact) mass is 290 g/mol. The number of hydrogen-bond donors (Lipinski definition) is 1. The van der Waals surface area contributed by atoms with Crippen molar-refractivity contribution in [2.24, 2.45) is 10.4 Å². The van der Waals surface area contributed by atoms with Crippen molar-refractivity contribution in [3.63, 3.8) is 0 Å². The van der Waals surface area contributed by atoms with E-state index < -0.39 is 23.3 Å². The second-order valence-electron chi connectivity index (χ2n) is 2.97. The molecule has 1 aliphatic rings. The second-order valence-corrected chi connectivity index (χ2v) is 2.97. The Kier molecular flexibility index (Phi) is 4.51. The summed E-state index contributed by atoms with van der Waals surface area (Å²) in [4.78, 5) is 25.3. The van der Waals surface area contributed by atoms with Crippen LogP contribution in [0.2, 0.25) is 0 Å². The number of amides is 3. The molecule has 1 rings (SSSR count). The second kappa shape index (κ2) is 4.73. The van der Waals surface area contributed by atoms with E-state index in [9.17, 15) is 14.7 Å². The fourth-order valence-electron chi connectivity index (χ4n) is 1.41. The van der Waals surface area contributed by atoms with E-state index >= 15 is 0 Å². The molecule has 82 valence electrons. The van der Waals surface area contributed by atoms with Crippen LogP contribution in [-0.2, 0) is 27.2 Å². The molecular weight excluding hydrogens is 280 g/mol. The summed E-state index contributed by atoms with van der Waals surface area (Å²) in [6.07, 6.45) is 0.732. The zero-order valence-corrected chi connectivity index (χ0v) is 9.37. The molecule has 0 unspecified atom stereocenters. The molecule has 0 atom stereocenters. The standard InChI is InChI=1S/C8H12N2O3.Ag/c1-3-8(4-2)5(11)9-7(13)10-6(8)12;/h3-4H2,1-2H3,(H2,9,10,11,12,13);/q;+1/p-1. The maximum Gasteiger partial charge on any atom is 1.00 e. The van der Waals surface area contributed by atoms with Crippen molar-refractivity contribution in [1.29, 1.82) is 0 Å². The Balaban J connectivity index is 0.00000169. The third-order valence-corrected chi connectivity index (χ3v) is 2.47. The molecule has 0 radical (unpaired) electrons. The van der Waals surface area contributed by atoms with Crippen molar-refractivity contribution < 1.29 is 37.1 Å². The first-order valence-electron chi connectivity index (χ1n) is 4.18. The first-order chi connectivity index (χ1) is 6.06. The van der Waals surface area contributed by atoms with Crippen LogP contribution in [0.5, 0.6) is 0 Å². The van der Waals surface area contributed by atoms with Crippen molar-refractivity contribution in [2.45, 2.75) is 26.7 Å². The molecule has 0 aromatic heterocycles. The zero-order valence-electron chi connectivity index (χ0n) is 7.89. The topological polar surface area (TPSA) is 81.6 Å². The minimum absolute atomic E-state index is 0. The van der Waals surface area contributed by atoms with E-state index in [1.807, 2.05) is 5.32 Å². The number of carbonyl (C=O) groups is 2. The van der Waals surface area contributed by atoms with Crippen LogP contribution < -0.4 is 10.4 Å². The molecule has 0 aromatic carbocycles. The molecular formula is C8H11AgN2O3. The summed E-state index contributed by atoms with van der Waals surface area (Å²) in [6, 6.07) is -0.854. The van der Waals surface area contributed by atoms with Gasteiger partial charge in [-0.1, -0.05) is 13.8 Å². The predicted octanol–water partition coefficient (Wildman–Crippen LogP) is -0.201. The Bertz CT molecular complexity index is 284. The van der Waals surface area contributed by atoms with Crippen LogP contribution in [0.1, 0.15) is 26.7 Å². The summed E-state index contributed by atoms with van der Waals surface area (Å²) in [6.45, 7) is 3.46. The number of nitrogens with zero attached hydrogens (tertiary/aromatic N) is 1. The van der Waals surface area contributed by atoms with E-state index in [1.165, 1.54) is 0 Å². The third kappa shape index (κ3) is 1.89. The van der Waals surface area contributed by atoms with Crippen molar-refractivity contribution in [3.05, 3.63) is 0 Å². The Morgan fingerprint density at radius 1 is 1.36 bits per heavy atom. The van der Waals surface area contributed by atoms with Crippen molar-refractivity contribution in [2.75, 3.05) is 0 Å². The Hall–Kier alpha value is -0.650. The molecule has 0 saturated carbocycles. The van der Waals surface area contributed by atoms with Gasteiger partial charge in [-0.25, -0.2) is 9.79 Å². The molecule has 1 heterocycles. The molecule has 14 heavy (non-hydrogen) atoms. The normalized spacial score (nSPS) is 19.4. The summed E-state index contributed by atoms with van der Waals surface area (Å²) in [5.74, 6) is -1.14. The fourth-order valence-corrected chi connectivity index (χ4v) is 1.41. The van der Waals surface area contributed by atoms with Crippen molar-refractivity contribution in [1.82, 2.24) is 5.32 Å². The molecule has 0 saturated heterocycles. The average molecular weight is 291 g/mol. The molecule has 6 heteroatoms. The minimum Gasteiger partial charge on any atom is -0.861 e. The average Bonchev–Trinajstić information content (AvgIpc) is 2.05. The zero-order chi connectivity index (χ0) is 10.1. The summed E-state index contributed by atoms with van der Waals surface area (Å²) in [7, 11) is 0. The van der Waals surface area contributed by atoms with Crippen LogP contribution in [0.4, 0.5) is 4.79 Å². The van der Waals surface area contributed by atoms with Gasteiger partial charge in [-0.15, -0.1) is 0 Å². The van der Waals surface area contributed by atoms with Gasteiger partial charge in [0.2, 0.25) is 5.91 Å². The number of nitrogens with one attached hydrogen (secondary N) is 1. The fraction of sp³-hybridized carbons (Fsp3) is 0.625. The van der Waals surface area contributed by atoms with E-state index in [0.29, 0.717) is 12.8 Å². The molecule has 1 N–H and O–H groups in total. The van der Waals surface area contributed by atoms with E-state index in [1.54, 1.807) is 13.8 Å². The van der Waals surface area contributed by atoms with Crippen LogP contribution in [0, 0.1) is 5.41 Å². The molecule has 0 bridgehead atoms. The van der Waals surface area contributed by atoms with Crippen molar-refractivity contribution in [3.8, 4) is 0 Å². The van der Waals surface area contributed by atoms with Gasteiger partial charge in [-0.3, -0.25) is 10.1 Å². The first kappa shape index (κ1) is 13.4. The number of aliphatic imine (C=N–C) groups is 1. The molecule has 5 nitrogen and oxygen atoms in total. The van der Waals surface area contributed by atoms with E-state index in [4.69, 9.17) is 0 Å². The SMILES string of the molecule is CCC1(CC)C(=O)NC(=O)N=C1[O-].[Ag+]. The maximum absolute atomic E-state index is 11.4. The quantitative estimate of drug-likeness (QED) is 0.715. The van der Waals surface area contributed by atoms with Gasteiger partial charge < -0.3 is 5.11 Å². The van der Waals surface area contributed by atoms with Crippen LogP contribution in [0.3, 0.4) is 0 Å². The number of imide groups is 1. The van der Waals surface area contributed by atoms with Gasteiger partial charge in [0.1, 0.15) is 0 Å². The van der Waals surface area contributed by atoms with Crippen LogP contribution in [0.15, 0.2) is 4.99 Å². The number of urea groups is 1. The molecule has 0 aromatic rings. The number of hydrogen-bond acceptors (Lipinski definition) is 3. The number of carbonyl (C=O) groups excluding carboxylic acids is 2. The van der Waals surface area contributed by atoms with Gasteiger partial charge in [0.05, 0.1) is 5.41 Å². The van der Waals surface area contributed by atoms with Crippen LogP contribution >= 0.6 is 0 Å². The van der Waals surface area contributed by atoms with Gasteiger partial charge in [0.25, 0.3) is 0 Å². The Labute approximate surface area is 97.5 Å². The molecule has 0 fully saturated rings. The minimum atomic E-state index is -1.12. The summed E-state index contributed by atoms with van der Waals surface area (Å²) in [5, 5.41) is 13.4. The molecule has 0 spiro atoms. The summed E-state index contributed by atoms with van der Waals surface area (Å²) < 4.78 is 0. The molecule has 3 amide bonds. The smallest absolute Gasteiger partial charge is 0.861 e. The van der Waals surface area contributed by atoms with E-state index in [-0.39, 0.29) is 22.4 Å². The molecule has 1 aliphatic heterocycles. The van der Waals surface area contributed by atoms with E-state index in [0.717, 1.165) is 0 Å². The van der Waals surface area contributed by atoms with E-state index in [2.05, 4.69) is 4.99 Å². The first-order valence-corrected chi connectivity index (χ1v) is 4.18. The summed E-state index contributed by atoms with van der Waals surface area (Å²) in [5.41, 5.74) is -1.12. The molecule has 0 aliphatic carbocycles. The van der Waals surface area contributed by atoms with Crippen LogP contribution in [-0.4, -0.2) is 17.8 Å². The van der Waals surface area contributed by atoms with Gasteiger partial charge in [-0.2, -0.15) is 0 Å². The third-order valence-electron chi connectivity index (χ3n) is 2.47. The maximum atomic E-state index is 11.4. The van der Waals surface area contributed by atoms with Gasteiger partial charge in [-0.05, 0) is 18.7 Å². The predicted molar refractivity (Wildman–Crippen MR) is 44.0 cm³/mol. The van der Waals surface area contributed by atoms with Gasteiger partial charge in [0.15, 0.2) is 0 Å². The van der Waals surface area contributed by atoms with Crippen molar-refractivity contribution >= 4 is 17.8 Å². The summed E-state index contributed by atoms with van der Waals surface area (Å²) >= 11 is 0. The Morgan fingerprint density at radius 3 is 2.21 bits per heavy atom. The largest absolute Gasteiger partial charge is 1.00 e.